The van der Waals surface area contributed by atoms with Gasteiger partial charge >= 0.3 is 5.63 Å². The number of benzene rings is 1. The lowest BCUT2D eigenvalue weighted by molar-refractivity contribution is -0.277. The Morgan fingerprint density at radius 3 is 2.62 bits per heavy atom. The third kappa shape index (κ3) is 2.90. The van der Waals surface area contributed by atoms with Gasteiger partial charge in [-0.15, -0.1) is 0 Å². The lowest BCUT2D eigenvalue weighted by Crippen LogP contribution is -2.60. The molecule has 5 atom stereocenters. The van der Waals surface area contributed by atoms with Crippen LogP contribution in [-0.2, 0) is 4.74 Å². The molecule has 1 aromatic heterocycles. The predicted octanol–water partition coefficient (Wildman–Crippen LogP) is -0.720. The minimum atomic E-state index is -1.56. The summed E-state index contributed by atoms with van der Waals surface area (Å²) < 4.78 is 16.0. The van der Waals surface area contributed by atoms with E-state index < -0.39 is 42.9 Å². The van der Waals surface area contributed by atoms with Crippen molar-refractivity contribution in [3.8, 4) is 5.75 Å². The van der Waals surface area contributed by atoms with Crippen LogP contribution in [0.4, 0.5) is 0 Å². The monoisotopic (exact) mass is 338 g/mol. The lowest BCUT2D eigenvalue weighted by atomic mass is 9.99. The summed E-state index contributed by atoms with van der Waals surface area (Å²) in [5, 5.41) is 39.4. The van der Waals surface area contributed by atoms with E-state index in [4.69, 9.17) is 13.9 Å². The fourth-order valence-corrected chi connectivity index (χ4v) is 2.74. The number of hydrogen-bond acceptors (Lipinski definition) is 8. The van der Waals surface area contributed by atoms with Gasteiger partial charge in [0.25, 0.3) is 0 Å². The highest BCUT2D eigenvalue weighted by molar-refractivity contribution is 5.86. The Balaban J connectivity index is 1.99. The van der Waals surface area contributed by atoms with Gasteiger partial charge in [0.1, 0.15) is 35.7 Å². The number of aliphatic hydroxyl groups excluding tert-OH is 4. The average Bonchev–Trinajstić information content (AvgIpc) is 2.55. The Kier molecular flexibility index (Phi) is 4.57. The van der Waals surface area contributed by atoms with Gasteiger partial charge in [0.2, 0.25) is 6.29 Å². The standard InChI is InChI=1S/C16H18O8/c1-7-3-2-4-8-12(7)9(5-11(18)22-8)23-16-15(21)14(20)13(19)10(6-17)24-16/h2-5,10,13-17,19-21H,6H2,1H3. The van der Waals surface area contributed by atoms with Crippen molar-refractivity contribution in [2.24, 2.45) is 0 Å². The number of hydrogen-bond donors (Lipinski definition) is 4. The molecule has 8 heteroatoms. The zero-order valence-corrected chi connectivity index (χ0v) is 12.8. The molecule has 2 aromatic rings. The van der Waals surface area contributed by atoms with E-state index in [0.717, 1.165) is 11.6 Å². The highest BCUT2D eigenvalue weighted by atomic mass is 16.7. The molecule has 1 aliphatic heterocycles. The van der Waals surface area contributed by atoms with Crippen LogP contribution in [0.1, 0.15) is 5.56 Å². The van der Waals surface area contributed by atoms with Crippen molar-refractivity contribution >= 4 is 11.0 Å². The topological polar surface area (TPSA) is 130 Å². The molecule has 2 heterocycles. The van der Waals surface area contributed by atoms with Gasteiger partial charge in [-0.3, -0.25) is 0 Å². The second kappa shape index (κ2) is 6.50. The zero-order valence-electron chi connectivity index (χ0n) is 12.8. The van der Waals surface area contributed by atoms with Crippen LogP contribution in [-0.4, -0.2) is 57.7 Å². The van der Waals surface area contributed by atoms with Gasteiger partial charge < -0.3 is 34.3 Å². The van der Waals surface area contributed by atoms with Gasteiger partial charge in [0, 0.05) is 0 Å². The highest BCUT2D eigenvalue weighted by Crippen LogP contribution is 2.30. The summed E-state index contributed by atoms with van der Waals surface area (Å²) in [6, 6.07) is 6.22. The third-order valence-electron chi connectivity index (χ3n) is 4.03. The summed E-state index contributed by atoms with van der Waals surface area (Å²) >= 11 is 0. The summed E-state index contributed by atoms with van der Waals surface area (Å²) in [5.74, 6) is 0.115. The maximum atomic E-state index is 11.7. The largest absolute Gasteiger partial charge is 0.461 e. The Morgan fingerprint density at radius 1 is 1.17 bits per heavy atom. The van der Waals surface area contributed by atoms with Crippen molar-refractivity contribution in [1.82, 2.24) is 0 Å². The van der Waals surface area contributed by atoms with E-state index in [2.05, 4.69) is 0 Å². The van der Waals surface area contributed by atoms with E-state index in [-0.39, 0.29) is 5.75 Å². The number of aryl methyl sites for hydroxylation is 1. The molecule has 0 bridgehead atoms. The Labute approximate surface area is 136 Å². The van der Waals surface area contributed by atoms with Crippen LogP contribution in [0.3, 0.4) is 0 Å². The number of rotatable bonds is 3. The summed E-state index contributed by atoms with van der Waals surface area (Å²) in [6.07, 6.45) is -7.07. The van der Waals surface area contributed by atoms with Gasteiger partial charge in [-0.25, -0.2) is 4.79 Å². The van der Waals surface area contributed by atoms with Gasteiger partial charge in [-0.2, -0.15) is 0 Å². The molecule has 130 valence electrons. The van der Waals surface area contributed by atoms with Gasteiger partial charge in [0.15, 0.2) is 0 Å². The van der Waals surface area contributed by atoms with Crippen molar-refractivity contribution < 1.29 is 34.3 Å². The van der Waals surface area contributed by atoms with Crippen molar-refractivity contribution in [1.29, 1.82) is 0 Å². The van der Waals surface area contributed by atoms with Gasteiger partial charge in [0.05, 0.1) is 18.1 Å². The molecule has 1 aromatic carbocycles. The molecule has 1 saturated heterocycles. The fraction of sp³-hybridized carbons (Fsp3) is 0.438. The Morgan fingerprint density at radius 2 is 1.92 bits per heavy atom. The zero-order chi connectivity index (χ0) is 17.4. The minimum Gasteiger partial charge on any atom is -0.461 e. The highest BCUT2D eigenvalue weighted by Gasteiger charge is 2.44. The SMILES string of the molecule is Cc1cccc2oc(=O)cc(OC3OC(CO)C(O)C(O)C3O)c12. The first-order valence-electron chi connectivity index (χ1n) is 7.43. The maximum Gasteiger partial charge on any atom is 0.339 e. The summed E-state index contributed by atoms with van der Waals surface area (Å²) in [6.45, 7) is 1.23. The molecule has 8 nitrogen and oxygen atoms in total. The van der Waals surface area contributed by atoms with Crippen LogP contribution in [0.2, 0.25) is 0 Å². The first-order chi connectivity index (χ1) is 11.4. The molecular formula is C16H18O8. The number of fused-ring (bicyclic) bond motifs is 1. The minimum absolute atomic E-state index is 0.115. The molecule has 1 aliphatic rings. The normalized spacial score (nSPS) is 30.5. The molecule has 5 unspecified atom stereocenters. The van der Waals surface area contributed by atoms with Crippen LogP contribution in [0.15, 0.2) is 33.5 Å². The smallest absolute Gasteiger partial charge is 0.339 e. The molecule has 0 spiro atoms. The van der Waals surface area contributed by atoms with Crippen LogP contribution < -0.4 is 10.4 Å². The second-order valence-electron chi connectivity index (χ2n) is 5.69. The van der Waals surface area contributed by atoms with Crippen LogP contribution in [0.5, 0.6) is 5.75 Å². The van der Waals surface area contributed by atoms with Crippen molar-refractivity contribution in [2.75, 3.05) is 6.61 Å². The van der Waals surface area contributed by atoms with E-state index >= 15 is 0 Å². The summed E-state index contributed by atoms with van der Waals surface area (Å²) in [7, 11) is 0. The fourth-order valence-electron chi connectivity index (χ4n) is 2.74. The summed E-state index contributed by atoms with van der Waals surface area (Å²) in [5.41, 5.74) is 0.436. The molecular weight excluding hydrogens is 320 g/mol. The van der Waals surface area contributed by atoms with Crippen molar-refractivity contribution in [2.45, 2.75) is 37.6 Å². The van der Waals surface area contributed by atoms with Crippen molar-refractivity contribution in [3.63, 3.8) is 0 Å². The Bertz CT molecular complexity index is 783. The Hall–Kier alpha value is -1.97. The van der Waals surface area contributed by atoms with Gasteiger partial charge in [-0.1, -0.05) is 12.1 Å². The van der Waals surface area contributed by atoms with E-state index in [1.54, 1.807) is 25.1 Å². The van der Waals surface area contributed by atoms with Crippen LogP contribution in [0.25, 0.3) is 11.0 Å². The predicted molar refractivity (Wildman–Crippen MR) is 81.6 cm³/mol. The molecule has 0 amide bonds. The van der Waals surface area contributed by atoms with Crippen molar-refractivity contribution in [3.05, 3.63) is 40.2 Å². The average molecular weight is 338 g/mol. The van der Waals surface area contributed by atoms with Crippen LogP contribution >= 0.6 is 0 Å². The summed E-state index contributed by atoms with van der Waals surface area (Å²) in [4.78, 5) is 11.7. The van der Waals surface area contributed by atoms with E-state index in [0.29, 0.717) is 11.0 Å². The van der Waals surface area contributed by atoms with E-state index in [1.807, 2.05) is 0 Å². The van der Waals surface area contributed by atoms with E-state index in [9.17, 15) is 25.2 Å². The van der Waals surface area contributed by atoms with E-state index in [1.165, 1.54) is 0 Å². The number of aliphatic hydroxyl groups is 4. The first kappa shape index (κ1) is 16.9. The number of ether oxygens (including phenoxy) is 2. The van der Waals surface area contributed by atoms with Crippen LogP contribution in [0, 0.1) is 6.92 Å². The molecule has 1 fully saturated rings. The molecule has 0 radical (unpaired) electrons. The van der Waals surface area contributed by atoms with Gasteiger partial charge in [-0.05, 0) is 18.6 Å². The molecule has 0 aliphatic carbocycles. The third-order valence-corrected chi connectivity index (χ3v) is 4.03. The molecule has 4 N–H and O–H groups in total. The molecule has 0 saturated carbocycles. The lowest BCUT2D eigenvalue weighted by Gasteiger charge is -2.39. The quantitative estimate of drug-likeness (QED) is 0.540. The maximum absolute atomic E-state index is 11.7. The second-order valence-corrected chi connectivity index (χ2v) is 5.69. The molecule has 24 heavy (non-hydrogen) atoms. The first-order valence-corrected chi connectivity index (χ1v) is 7.43. The molecule has 3 rings (SSSR count).